The zero-order valence-corrected chi connectivity index (χ0v) is 12.8. The van der Waals surface area contributed by atoms with E-state index in [4.69, 9.17) is 28.4 Å². The number of rotatable bonds is 5. The number of hydroxylamine groups is 1. The van der Waals surface area contributed by atoms with Crippen molar-refractivity contribution in [1.29, 1.82) is 0 Å². The van der Waals surface area contributed by atoms with Crippen LogP contribution in [0, 0.1) is 0 Å². The monoisotopic (exact) mass is 337 g/mol. The lowest BCUT2D eigenvalue weighted by Crippen LogP contribution is -2.14. The van der Waals surface area contributed by atoms with Crippen LogP contribution in [0.15, 0.2) is 48.5 Å². The van der Waals surface area contributed by atoms with Gasteiger partial charge in [0, 0.05) is 6.08 Å². The van der Waals surface area contributed by atoms with Crippen molar-refractivity contribution in [3.05, 3.63) is 64.1 Å². The Labute approximate surface area is 137 Å². The Balaban J connectivity index is 1.95. The molecule has 0 saturated carbocycles. The van der Waals surface area contributed by atoms with Crippen LogP contribution in [-0.4, -0.2) is 11.1 Å². The van der Waals surface area contributed by atoms with Crippen LogP contribution in [0.4, 0.5) is 11.4 Å². The topological polar surface area (TPSA) is 73.4 Å². The van der Waals surface area contributed by atoms with Crippen LogP contribution in [0.1, 0.15) is 5.56 Å². The number of carbonyl (C=O) groups is 1. The van der Waals surface area contributed by atoms with E-state index in [9.17, 15) is 4.79 Å². The minimum Gasteiger partial charge on any atom is -0.301 e. The van der Waals surface area contributed by atoms with Gasteiger partial charge in [0.05, 0.1) is 21.4 Å². The maximum Gasteiger partial charge on any atom is 0.267 e. The molecule has 0 unspecified atom stereocenters. The predicted molar refractivity (Wildman–Crippen MR) is 89.1 cm³/mol. The molecule has 22 heavy (non-hydrogen) atoms. The molecule has 2 aromatic rings. The van der Waals surface area contributed by atoms with Crippen LogP contribution >= 0.6 is 23.2 Å². The quantitative estimate of drug-likeness (QED) is 0.378. The molecule has 5 nitrogen and oxygen atoms in total. The summed E-state index contributed by atoms with van der Waals surface area (Å²) >= 11 is 11.8. The molecule has 0 atom stereocenters. The standard InChI is InChI=1S/C15H13Cl2N3O2/c16-13-7-6-12(9-14(13)17)19-18-11-4-1-10(2-5-11)3-8-15(21)20-22/h1-9,18-19,22H,(H,20,21)/b8-3+. The van der Waals surface area contributed by atoms with E-state index in [1.54, 1.807) is 24.3 Å². The van der Waals surface area contributed by atoms with Gasteiger partial charge in [0.1, 0.15) is 0 Å². The number of hydrogen-bond donors (Lipinski definition) is 4. The van der Waals surface area contributed by atoms with Crippen molar-refractivity contribution in [2.45, 2.75) is 0 Å². The molecule has 114 valence electrons. The first-order valence-electron chi connectivity index (χ1n) is 6.28. The lowest BCUT2D eigenvalue weighted by atomic mass is 10.2. The van der Waals surface area contributed by atoms with E-state index >= 15 is 0 Å². The van der Waals surface area contributed by atoms with Gasteiger partial charge in [0.2, 0.25) is 0 Å². The van der Waals surface area contributed by atoms with Crippen LogP contribution in [0.25, 0.3) is 6.08 Å². The third-order valence-corrected chi connectivity index (χ3v) is 3.46. The lowest BCUT2D eigenvalue weighted by Gasteiger charge is -2.10. The Morgan fingerprint density at radius 3 is 2.23 bits per heavy atom. The van der Waals surface area contributed by atoms with E-state index in [2.05, 4.69) is 10.9 Å². The summed E-state index contributed by atoms with van der Waals surface area (Å²) in [5.74, 6) is -0.580. The Morgan fingerprint density at radius 1 is 0.955 bits per heavy atom. The summed E-state index contributed by atoms with van der Waals surface area (Å²) in [6.45, 7) is 0. The van der Waals surface area contributed by atoms with Crippen LogP contribution < -0.4 is 16.3 Å². The van der Waals surface area contributed by atoms with E-state index in [0.717, 1.165) is 16.9 Å². The van der Waals surface area contributed by atoms with Crippen LogP contribution in [0.5, 0.6) is 0 Å². The Hall–Kier alpha value is -2.21. The number of benzene rings is 2. The van der Waals surface area contributed by atoms with Gasteiger partial charge in [-0.25, -0.2) is 5.48 Å². The maximum absolute atomic E-state index is 10.9. The molecular weight excluding hydrogens is 325 g/mol. The third kappa shape index (κ3) is 4.66. The summed E-state index contributed by atoms with van der Waals surface area (Å²) in [7, 11) is 0. The molecule has 0 fully saturated rings. The van der Waals surface area contributed by atoms with E-state index in [1.165, 1.54) is 11.6 Å². The summed E-state index contributed by atoms with van der Waals surface area (Å²) < 4.78 is 0. The SMILES string of the molecule is O=C(/C=C/c1ccc(NNc2ccc(Cl)c(Cl)c2)cc1)NO. The van der Waals surface area contributed by atoms with Crippen molar-refractivity contribution in [3.8, 4) is 0 Å². The summed E-state index contributed by atoms with van der Waals surface area (Å²) in [5.41, 5.74) is 9.97. The molecule has 0 aliphatic heterocycles. The summed E-state index contributed by atoms with van der Waals surface area (Å²) in [4.78, 5) is 10.9. The van der Waals surface area contributed by atoms with E-state index in [-0.39, 0.29) is 0 Å². The second-order valence-electron chi connectivity index (χ2n) is 4.31. The van der Waals surface area contributed by atoms with Crippen LogP contribution in [-0.2, 0) is 4.79 Å². The van der Waals surface area contributed by atoms with Gasteiger partial charge >= 0.3 is 0 Å². The molecule has 0 heterocycles. The first kappa shape index (κ1) is 16.2. The molecule has 4 N–H and O–H groups in total. The maximum atomic E-state index is 10.9. The molecule has 0 aliphatic carbocycles. The second-order valence-corrected chi connectivity index (χ2v) is 5.12. The van der Waals surface area contributed by atoms with Gasteiger partial charge in [-0.2, -0.15) is 0 Å². The van der Waals surface area contributed by atoms with Gasteiger partial charge < -0.3 is 10.9 Å². The molecule has 0 radical (unpaired) electrons. The Morgan fingerprint density at radius 2 is 1.59 bits per heavy atom. The first-order valence-corrected chi connectivity index (χ1v) is 7.03. The van der Waals surface area contributed by atoms with Gasteiger partial charge in [-0.1, -0.05) is 35.3 Å². The molecule has 1 amide bonds. The molecule has 2 rings (SSSR count). The summed E-state index contributed by atoms with van der Waals surface area (Å²) in [6.07, 6.45) is 2.82. The zero-order valence-electron chi connectivity index (χ0n) is 11.3. The van der Waals surface area contributed by atoms with E-state index in [0.29, 0.717) is 10.0 Å². The van der Waals surface area contributed by atoms with Gasteiger partial charge in [0.25, 0.3) is 5.91 Å². The third-order valence-electron chi connectivity index (χ3n) is 2.72. The molecule has 0 aromatic heterocycles. The van der Waals surface area contributed by atoms with E-state index in [1.807, 2.05) is 24.3 Å². The van der Waals surface area contributed by atoms with Gasteiger partial charge in [-0.3, -0.25) is 10.0 Å². The number of halogens is 2. The van der Waals surface area contributed by atoms with Gasteiger partial charge in [-0.05, 0) is 42.0 Å². The highest BCUT2D eigenvalue weighted by molar-refractivity contribution is 6.42. The summed E-state index contributed by atoms with van der Waals surface area (Å²) in [5, 5.41) is 9.35. The first-order chi connectivity index (χ1) is 10.6. The molecular formula is C15H13Cl2N3O2. The minimum absolute atomic E-state index is 0.469. The average molecular weight is 338 g/mol. The van der Waals surface area contributed by atoms with Crippen molar-refractivity contribution < 1.29 is 10.0 Å². The lowest BCUT2D eigenvalue weighted by molar-refractivity contribution is -0.124. The molecule has 7 heteroatoms. The molecule has 2 aromatic carbocycles. The predicted octanol–water partition coefficient (Wildman–Crippen LogP) is 3.95. The number of carbonyl (C=O) groups excluding carboxylic acids is 1. The highest BCUT2D eigenvalue weighted by atomic mass is 35.5. The highest BCUT2D eigenvalue weighted by Gasteiger charge is 1.99. The highest BCUT2D eigenvalue weighted by Crippen LogP contribution is 2.25. The fourth-order valence-corrected chi connectivity index (χ4v) is 1.90. The largest absolute Gasteiger partial charge is 0.301 e. The van der Waals surface area contributed by atoms with Crippen LogP contribution in [0.2, 0.25) is 10.0 Å². The zero-order chi connectivity index (χ0) is 15.9. The normalized spacial score (nSPS) is 10.5. The van der Waals surface area contributed by atoms with Gasteiger partial charge in [0.15, 0.2) is 0 Å². The van der Waals surface area contributed by atoms with E-state index < -0.39 is 5.91 Å². The fourth-order valence-electron chi connectivity index (χ4n) is 1.60. The van der Waals surface area contributed by atoms with Crippen molar-refractivity contribution >= 4 is 46.6 Å². The summed E-state index contributed by atoms with van der Waals surface area (Å²) in [6, 6.07) is 12.5. The molecule has 0 saturated heterocycles. The number of hydrazine groups is 1. The Bertz CT molecular complexity index is 688. The average Bonchev–Trinajstić information content (AvgIpc) is 2.54. The fraction of sp³-hybridized carbons (Fsp3) is 0. The minimum atomic E-state index is -0.580. The van der Waals surface area contributed by atoms with Crippen molar-refractivity contribution in [3.63, 3.8) is 0 Å². The smallest absolute Gasteiger partial charge is 0.267 e. The van der Waals surface area contributed by atoms with Crippen molar-refractivity contribution in [1.82, 2.24) is 5.48 Å². The molecule has 0 bridgehead atoms. The number of anilines is 2. The van der Waals surface area contributed by atoms with Crippen molar-refractivity contribution in [2.24, 2.45) is 0 Å². The van der Waals surface area contributed by atoms with Crippen LogP contribution in [0.3, 0.4) is 0 Å². The van der Waals surface area contributed by atoms with Crippen molar-refractivity contribution in [2.75, 3.05) is 10.9 Å². The number of hydrogen-bond acceptors (Lipinski definition) is 4. The second kappa shape index (κ2) is 7.70. The molecule has 0 aliphatic rings. The molecule has 0 spiro atoms. The number of nitrogens with one attached hydrogen (secondary N) is 3. The van der Waals surface area contributed by atoms with Gasteiger partial charge in [-0.15, -0.1) is 0 Å². The number of amides is 1. The Kier molecular flexibility index (Phi) is 5.66.